The Morgan fingerprint density at radius 2 is 2.25 bits per heavy atom. The average molecular weight is 195 g/mol. The van der Waals surface area contributed by atoms with Crippen molar-refractivity contribution in [1.29, 1.82) is 0 Å². The van der Waals surface area contributed by atoms with Crippen LogP contribution in [0.25, 0.3) is 0 Å². The fraction of sp³-hybridized carbons (Fsp3) is 0.875. The topological polar surface area (TPSA) is 46.5 Å². The Labute approximate surface area is 78.5 Å². The molecule has 0 aromatic rings. The molecule has 4 heteroatoms. The molecule has 1 aliphatic rings. The van der Waals surface area contributed by atoms with Gasteiger partial charge >= 0.3 is 5.97 Å². The third-order valence-electron chi connectivity index (χ3n) is 1.95. The molecular weight excluding hydrogens is 180 g/mol. The highest BCUT2D eigenvalue weighted by Crippen LogP contribution is 2.16. The molecule has 1 heterocycles. The van der Waals surface area contributed by atoms with Crippen molar-refractivity contribution < 1.29 is 14.6 Å². The lowest BCUT2D eigenvalue weighted by Crippen LogP contribution is -2.19. The summed E-state index contributed by atoms with van der Waals surface area (Å²) in [7, 11) is 0. The number of hydrogen-bond donors (Lipinski definition) is 1. The third kappa shape index (κ3) is 4.57. The van der Waals surface area contributed by atoms with E-state index in [1.807, 2.05) is 0 Å². The van der Waals surface area contributed by atoms with E-state index in [1.165, 1.54) is 6.42 Å². The van der Waals surface area contributed by atoms with Crippen molar-refractivity contribution >= 4 is 18.4 Å². The van der Waals surface area contributed by atoms with Crippen LogP contribution in [0, 0.1) is 0 Å². The lowest BCUT2D eigenvalue weighted by molar-refractivity contribution is -0.138. The highest BCUT2D eigenvalue weighted by Gasteiger charge is 2.14. The first-order chi connectivity index (χ1) is 5.29. The van der Waals surface area contributed by atoms with Gasteiger partial charge in [-0.15, -0.1) is 12.4 Å². The maximum Gasteiger partial charge on any atom is 0.303 e. The highest BCUT2D eigenvalue weighted by atomic mass is 35.5. The fourth-order valence-electron chi connectivity index (χ4n) is 1.32. The zero-order valence-electron chi connectivity index (χ0n) is 6.99. The van der Waals surface area contributed by atoms with Gasteiger partial charge in [0.05, 0.1) is 6.10 Å². The second kappa shape index (κ2) is 6.26. The largest absolute Gasteiger partial charge is 0.481 e. The molecule has 3 nitrogen and oxygen atoms in total. The second-order valence-corrected chi connectivity index (χ2v) is 2.92. The van der Waals surface area contributed by atoms with Gasteiger partial charge in [0.25, 0.3) is 0 Å². The van der Waals surface area contributed by atoms with Gasteiger partial charge in [0.1, 0.15) is 0 Å². The Kier molecular flexibility index (Phi) is 6.11. The van der Waals surface area contributed by atoms with E-state index >= 15 is 0 Å². The number of hydrogen-bond acceptors (Lipinski definition) is 2. The van der Waals surface area contributed by atoms with E-state index in [0.29, 0.717) is 6.42 Å². The lowest BCUT2D eigenvalue weighted by atomic mass is 10.1. The molecule has 0 saturated carbocycles. The first-order valence-electron chi connectivity index (χ1n) is 4.12. The summed E-state index contributed by atoms with van der Waals surface area (Å²) in [5, 5.41) is 8.39. The molecule has 0 aromatic heterocycles. The zero-order chi connectivity index (χ0) is 8.10. The van der Waals surface area contributed by atoms with Gasteiger partial charge in [0.15, 0.2) is 0 Å². The quantitative estimate of drug-likeness (QED) is 0.746. The molecule has 1 rings (SSSR count). The van der Waals surface area contributed by atoms with Crippen molar-refractivity contribution in [3.8, 4) is 0 Å². The minimum absolute atomic E-state index is 0. The first kappa shape index (κ1) is 11.7. The van der Waals surface area contributed by atoms with Gasteiger partial charge in [0.2, 0.25) is 0 Å². The minimum Gasteiger partial charge on any atom is -0.481 e. The van der Waals surface area contributed by atoms with E-state index in [1.54, 1.807) is 0 Å². The number of carboxylic acid groups (broad SMARTS) is 1. The second-order valence-electron chi connectivity index (χ2n) is 2.92. The summed E-state index contributed by atoms with van der Waals surface area (Å²) in [6.07, 6.45) is 4.47. The monoisotopic (exact) mass is 194 g/mol. The van der Waals surface area contributed by atoms with Crippen LogP contribution in [0.2, 0.25) is 0 Å². The molecule has 12 heavy (non-hydrogen) atoms. The van der Waals surface area contributed by atoms with Crippen LogP contribution in [-0.4, -0.2) is 23.8 Å². The van der Waals surface area contributed by atoms with Crippen LogP contribution in [0.4, 0.5) is 0 Å². The number of carbonyl (C=O) groups is 1. The molecule has 1 fully saturated rings. The molecule has 0 amide bonds. The summed E-state index contributed by atoms with van der Waals surface area (Å²) in [6.45, 7) is 0.810. The van der Waals surface area contributed by atoms with E-state index in [0.717, 1.165) is 19.4 Å². The maximum absolute atomic E-state index is 10.2. The van der Waals surface area contributed by atoms with Gasteiger partial charge in [-0.3, -0.25) is 4.79 Å². The Bertz CT molecular complexity index is 132. The zero-order valence-corrected chi connectivity index (χ0v) is 7.81. The van der Waals surface area contributed by atoms with Crippen LogP contribution in [0.1, 0.15) is 32.1 Å². The van der Waals surface area contributed by atoms with E-state index in [2.05, 4.69) is 0 Å². The molecular formula is C8H15ClO3. The Morgan fingerprint density at radius 1 is 1.50 bits per heavy atom. The van der Waals surface area contributed by atoms with E-state index < -0.39 is 5.97 Å². The number of carboxylic acids is 1. The molecule has 0 spiro atoms. The van der Waals surface area contributed by atoms with E-state index in [9.17, 15) is 4.79 Å². The van der Waals surface area contributed by atoms with Crippen molar-refractivity contribution in [2.24, 2.45) is 0 Å². The molecule has 0 aliphatic carbocycles. The van der Waals surface area contributed by atoms with Gasteiger partial charge in [-0.25, -0.2) is 0 Å². The van der Waals surface area contributed by atoms with Gasteiger partial charge < -0.3 is 9.84 Å². The SMILES string of the molecule is Cl.O=C(O)CC[C@@H]1CCCCO1. The van der Waals surface area contributed by atoms with Gasteiger partial charge in [-0.2, -0.15) is 0 Å². The number of halogens is 1. The molecule has 1 atom stereocenters. The summed E-state index contributed by atoms with van der Waals surface area (Å²) >= 11 is 0. The van der Waals surface area contributed by atoms with Crippen LogP contribution in [0.3, 0.4) is 0 Å². The normalized spacial score (nSPS) is 22.8. The molecule has 0 radical (unpaired) electrons. The predicted octanol–water partition coefficient (Wildman–Crippen LogP) is 1.84. The smallest absolute Gasteiger partial charge is 0.303 e. The van der Waals surface area contributed by atoms with Crippen molar-refractivity contribution in [1.82, 2.24) is 0 Å². The third-order valence-corrected chi connectivity index (χ3v) is 1.95. The van der Waals surface area contributed by atoms with Gasteiger partial charge in [-0.1, -0.05) is 0 Å². The number of rotatable bonds is 3. The summed E-state index contributed by atoms with van der Waals surface area (Å²) in [4.78, 5) is 10.2. The summed E-state index contributed by atoms with van der Waals surface area (Å²) < 4.78 is 5.36. The molecule has 0 aromatic carbocycles. The van der Waals surface area contributed by atoms with E-state index in [4.69, 9.17) is 9.84 Å². The summed E-state index contributed by atoms with van der Waals surface area (Å²) in [5.74, 6) is -0.723. The van der Waals surface area contributed by atoms with Crippen molar-refractivity contribution in [3.63, 3.8) is 0 Å². The van der Waals surface area contributed by atoms with Crippen LogP contribution < -0.4 is 0 Å². The lowest BCUT2D eigenvalue weighted by Gasteiger charge is -2.21. The predicted molar refractivity (Wildman–Crippen MR) is 47.7 cm³/mol. The van der Waals surface area contributed by atoms with Crippen LogP contribution in [-0.2, 0) is 9.53 Å². The molecule has 1 aliphatic heterocycles. The Balaban J connectivity index is 0.00000121. The Morgan fingerprint density at radius 3 is 2.75 bits per heavy atom. The maximum atomic E-state index is 10.2. The molecule has 1 N–H and O–H groups in total. The standard InChI is InChI=1S/C8H14O3.ClH/c9-8(10)5-4-7-3-1-2-6-11-7;/h7H,1-6H2,(H,9,10);1H/t7-;/m0./s1. The first-order valence-corrected chi connectivity index (χ1v) is 4.12. The highest BCUT2D eigenvalue weighted by molar-refractivity contribution is 5.85. The minimum atomic E-state index is -0.723. The average Bonchev–Trinajstić information content (AvgIpc) is 2.03. The Hall–Kier alpha value is -0.280. The van der Waals surface area contributed by atoms with Crippen LogP contribution in [0.15, 0.2) is 0 Å². The van der Waals surface area contributed by atoms with Crippen molar-refractivity contribution in [2.45, 2.75) is 38.2 Å². The van der Waals surface area contributed by atoms with Crippen molar-refractivity contribution in [3.05, 3.63) is 0 Å². The summed E-state index contributed by atoms with van der Waals surface area (Å²) in [5.41, 5.74) is 0. The fourth-order valence-corrected chi connectivity index (χ4v) is 1.32. The van der Waals surface area contributed by atoms with Crippen LogP contribution in [0.5, 0.6) is 0 Å². The van der Waals surface area contributed by atoms with Crippen molar-refractivity contribution in [2.75, 3.05) is 6.61 Å². The number of aliphatic carboxylic acids is 1. The van der Waals surface area contributed by atoms with Crippen LogP contribution >= 0.6 is 12.4 Å². The molecule has 0 bridgehead atoms. The van der Waals surface area contributed by atoms with Gasteiger partial charge in [0, 0.05) is 13.0 Å². The molecule has 1 saturated heterocycles. The van der Waals surface area contributed by atoms with E-state index in [-0.39, 0.29) is 24.9 Å². The molecule has 72 valence electrons. The summed E-state index contributed by atoms with van der Waals surface area (Å²) in [6, 6.07) is 0. The molecule has 0 unspecified atom stereocenters. The number of ether oxygens (including phenoxy) is 1. The van der Waals surface area contributed by atoms with Gasteiger partial charge in [-0.05, 0) is 25.7 Å².